The molecule has 2 aliphatic heterocycles. The largest absolute Gasteiger partial charge is 0.490 e. The summed E-state index contributed by atoms with van der Waals surface area (Å²) in [4.78, 5) is 22.4. The minimum Gasteiger partial charge on any atom is -0.490 e. The molecule has 0 amide bonds. The third-order valence-electron chi connectivity index (χ3n) is 5.59. The van der Waals surface area contributed by atoms with Crippen molar-refractivity contribution in [3.05, 3.63) is 63.2 Å². The number of H-pyrrole nitrogens is 1. The van der Waals surface area contributed by atoms with Crippen molar-refractivity contribution in [2.75, 3.05) is 19.8 Å². The third-order valence-corrected chi connectivity index (χ3v) is 5.83. The summed E-state index contributed by atoms with van der Waals surface area (Å²) in [5.74, 6) is 2.29. The van der Waals surface area contributed by atoms with E-state index in [0.29, 0.717) is 41.5 Å². The van der Waals surface area contributed by atoms with Crippen LogP contribution in [0.3, 0.4) is 0 Å². The van der Waals surface area contributed by atoms with Crippen LogP contribution in [0.15, 0.2) is 41.2 Å². The minimum atomic E-state index is -0.131. The molecular formula is C22H22ClN3O3. The van der Waals surface area contributed by atoms with Gasteiger partial charge in [-0.3, -0.25) is 9.69 Å². The van der Waals surface area contributed by atoms with E-state index in [1.54, 1.807) is 18.2 Å². The quantitative estimate of drug-likeness (QED) is 0.703. The normalized spacial score (nSPS) is 19.4. The van der Waals surface area contributed by atoms with Gasteiger partial charge in [0.1, 0.15) is 5.82 Å². The number of likely N-dealkylation sites (tertiary alicyclic amines) is 1. The van der Waals surface area contributed by atoms with Crippen molar-refractivity contribution in [1.82, 2.24) is 14.9 Å². The van der Waals surface area contributed by atoms with E-state index in [4.69, 9.17) is 21.1 Å². The lowest BCUT2D eigenvalue weighted by Gasteiger charge is -2.25. The number of benzene rings is 2. The van der Waals surface area contributed by atoms with Crippen LogP contribution >= 0.6 is 11.6 Å². The topological polar surface area (TPSA) is 67.5 Å². The molecule has 1 atom stereocenters. The smallest absolute Gasteiger partial charge is 0.258 e. The molecule has 3 aromatic rings. The van der Waals surface area contributed by atoms with E-state index in [-0.39, 0.29) is 11.6 Å². The Morgan fingerprint density at radius 1 is 1.10 bits per heavy atom. The first kappa shape index (κ1) is 18.5. The van der Waals surface area contributed by atoms with Crippen molar-refractivity contribution in [2.24, 2.45) is 0 Å². The first-order valence-electron chi connectivity index (χ1n) is 9.99. The summed E-state index contributed by atoms with van der Waals surface area (Å²) in [5, 5.41) is 1.13. The third kappa shape index (κ3) is 3.70. The van der Waals surface area contributed by atoms with Crippen molar-refractivity contribution >= 4 is 22.5 Å². The number of nitrogens with zero attached hydrogens (tertiary/aromatic N) is 2. The lowest BCUT2D eigenvalue weighted by Crippen LogP contribution is -2.25. The number of fused-ring (bicyclic) bond motifs is 2. The molecular weight excluding hydrogens is 390 g/mol. The fraction of sp³-hybridized carbons (Fsp3) is 0.364. The molecule has 0 saturated carbocycles. The molecule has 0 aliphatic carbocycles. The maximum absolute atomic E-state index is 12.4. The van der Waals surface area contributed by atoms with Gasteiger partial charge in [0.25, 0.3) is 5.56 Å². The first-order valence-corrected chi connectivity index (χ1v) is 10.4. The zero-order valence-corrected chi connectivity index (χ0v) is 16.7. The zero-order valence-electron chi connectivity index (χ0n) is 16.0. The number of halogens is 1. The van der Waals surface area contributed by atoms with E-state index in [1.165, 1.54) is 5.56 Å². The monoisotopic (exact) mass is 411 g/mol. The molecule has 150 valence electrons. The number of ether oxygens (including phenoxy) is 2. The van der Waals surface area contributed by atoms with Gasteiger partial charge in [-0.05, 0) is 55.3 Å². The predicted octanol–water partition coefficient (Wildman–Crippen LogP) is 4.07. The molecule has 1 fully saturated rings. The Balaban J connectivity index is 1.42. The van der Waals surface area contributed by atoms with Gasteiger partial charge in [-0.1, -0.05) is 17.7 Å². The van der Waals surface area contributed by atoms with Crippen molar-refractivity contribution in [1.29, 1.82) is 0 Å². The Kier molecular flexibility index (Phi) is 4.89. The highest BCUT2D eigenvalue weighted by Crippen LogP contribution is 2.38. The van der Waals surface area contributed by atoms with Gasteiger partial charge < -0.3 is 14.5 Å². The Labute approximate surface area is 173 Å². The van der Waals surface area contributed by atoms with E-state index < -0.39 is 0 Å². The second-order valence-corrected chi connectivity index (χ2v) is 8.00. The van der Waals surface area contributed by atoms with Crippen molar-refractivity contribution in [3.63, 3.8) is 0 Å². The maximum atomic E-state index is 12.4. The second-order valence-electron chi connectivity index (χ2n) is 7.56. The van der Waals surface area contributed by atoms with E-state index >= 15 is 0 Å². The Morgan fingerprint density at radius 2 is 1.97 bits per heavy atom. The molecule has 1 N–H and O–H groups in total. The van der Waals surface area contributed by atoms with Crippen molar-refractivity contribution in [2.45, 2.75) is 31.8 Å². The average molecular weight is 412 g/mol. The molecule has 0 radical (unpaired) electrons. The Bertz CT molecular complexity index is 1110. The molecule has 0 bridgehead atoms. The van der Waals surface area contributed by atoms with Crippen LogP contribution in [0, 0.1) is 0 Å². The van der Waals surface area contributed by atoms with Crippen LogP contribution in [0.5, 0.6) is 11.5 Å². The number of hydrogen-bond acceptors (Lipinski definition) is 5. The van der Waals surface area contributed by atoms with Crippen LogP contribution in [0.1, 0.15) is 36.7 Å². The van der Waals surface area contributed by atoms with Crippen LogP contribution < -0.4 is 15.0 Å². The van der Waals surface area contributed by atoms with Gasteiger partial charge in [-0.15, -0.1) is 0 Å². The molecule has 2 aliphatic rings. The molecule has 5 rings (SSSR count). The summed E-state index contributed by atoms with van der Waals surface area (Å²) in [6.45, 7) is 2.90. The van der Waals surface area contributed by atoms with Crippen LogP contribution in [0.2, 0.25) is 5.02 Å². The SMILES string of the molecule is O=c1[nH]c(CN2CCC[C@@H]2c2ccc3c(c2)OCCCO3)nc2cc(Cl)ccc12. The fourth-order valence-electron chi connectivity index (χ4n) is 4.21. The van der Waals surface area contributed by atoms with Gasteiger partial charge in [-0.25, -0.2) is 4.98 Å². The molecule has 1 aromatic heterocycles. The van der Waals surface area contributed by atoms with Gasteiger partial charge >= 0.3 is 0 Å². The van der Waals surface area contributed by atoms with Gasteiger partial charge in [0, 0.05) is 17.5 Å². The van der Waals surface area contributed by atoms with E-state index in [0.717, 1.165) is 37.3 Å². The maximum Gasteiger partial charge on any atom is 0.258 e. The van der Waals surface area contributed by atoms with Gasteiger partial charge in [0.05, 0.1) is 30.7 Å². The highest BCUT2D eigenvalue weighted by Gasteiger charge is 2.28. The predicted molar refractivity (Wildman–Crippen MR) is 112 cm³/mol. The van der Waals surface area contributed by atoms with Gasteiger partial charge in [0.15, 0.2) is 11.5 Å². The summed E-state index contributed by atoms with van der Waals surface area (Å²) >= 11 is 6.08. The van der Waals surface area contributed by atoms with Crippen LogP contribution in [0.4, 0.5) is 0 Å². The standard InChI is InChI=1S/C22H22ClN3O3/c23-15-5-6-16-17(12-15)24-21(25-22(16)27)13-26-8-1-3-18(26)14-4-7-19-20(11-14)29-10-2-9-28-19/h4-7,11-12,18H,1-3,8-10,13H2,(H,24,25,27)/t18-/m1/s1. The lowest BCUT2D eigenvalue weighted by atomic mass is 10.0. The van der Waals surface area contributed by atoms with Gasteiger partial charge in [0.2, 0.25) is 0 Å². The highest BCUT2D eigenvalue weighted by molar-refractivity contribution is 6.31. The van der Waals surface area contributed by atoms with Crippen molar-refractivity contribution in [3.8, 4) is 11.5 Å². The summed E-state index contributed by atoms with van der Waals surface area (Å²) in [6, 6.07) is 11.6. The Morgan fingerprint density at radius 3 is 2.86 bits per heavy atom. The molecule has 0 unspecified atom stereocenters. The van der Waals surface area contributed by atoms with Crippen molar-refractivity contribution < 1.29 is 9.47 Å². The first-order chi connectivity index (χ1) is 14.2. The molecule has 7 heteroatoms. The molecule has 29 heavy (non-hydrogen) atoms. The molecule has 1 saturated heterocycles. The number of rotatable bonds is 3. The summed E-state index contributed by atoms with van der Waals surface area (Å²) < 4.78 is 11.6. The fourth-order valence-corrected chi connectivity index (χ4v) is 4.37. The number of nitrogens with one attached hydrogen (secondary N) is 1. The number of aromatic amines is 1. The van der Waals surface area contributed by atoms with Crippen LogP contribution in [0.25, 0.3) is 10.9 Å². The van der Waals surface area contributed by atoms with Crippen LogP contribution in [-0.2, 0) is 6.54 Å². The van der Waals surface area contributed by atoms with E-state index in [1.807, 2.05) is 6.07 Å². The lowest BCUT2D eigenvalue weighted by molar-refractivity contribution is 0.241. The average Bonchev–Trinajstić information content (AvgIpc) is 3.03. The van der Waals surface area contributed by atoms with Crippen LogP contribution in [-0.4, -0.2) is 34.6 Å². The minimum absolute atomic E-state index is 0.131. The molecule has 2 aromatic carbocycles. The summed E-state index contributed by atoms with van der Waals surface area (Å²) in [7, 11) is 0. The second kappa shape index (κ2) is 7.69. The Hall–Kier alpha value is -2.57. The van der Waals surface area contributed by atoms with E-state index in [2.05, 4.69) is 27.0 Å². The zero-order chi connectivity index (χ0) is 19.8. The molecule has 3 heterocycles. The summed E-state index contributed by atoms with van der Waals surface area (Å²) in [5.41, 5.74) is 1.70. The molecule has 6 nitrogen and oxygen atoms in total. The number of aromatic nitrogens is 2. The number of hydrogen-bond donors (Lipinski definition) is 1. The highest BCUT2D eigenvalue weighted by atomic mass is 35.5. The summed E-state index contributed by atoms with van der Waals surface area (Å²) in [6.07, 6.45) is 3.05. The van der Waals surface area contributed by atoms with E-state index in [9.17, 15) is 4.79 Å². The molecule has 0 spiro atoms. The van der Waals surface area contributed by atoms with Gasteiger partial charge in [-0.2, -0.15) is 0 Å².